The molecule has 0 fully saturated rings. The van der Waals surface area contributed by atoms with Gasteiger partial charge in [-0.05, 0) is 69.5 Å². The van der Waals surface area contributed by atoms with Gasteiger partial charge in [-0.15, -0.1) is 0 Å². The molecule has 0 saturated heterocycles. The topological polar surface area (TPSA) is 96.0 Å². The van der Waals surface area contributed by atoms with Gasteiger partial charge in [-0.2, -0.15) is 0 Å². The standard InChI is InChI=1S/C26H37N3O5S/c1-7-20(4)27-26(31)21(5)28(17-22-12-10-9-11-19(22)3)25(30)18-29(35(6,32)33)23-13-15-24(16-14-23)34-8-2/h9-16,20-21H,7-8,17-18H2,1-6H3,(H,27,31)/t20-,21-/m1/s1. The van der Waals surface area contributed by atoms with Crippen LogP contribution in [0.3, 0.4) is 0 Å². The minimum Gasteiger partial charge on any atom is -0.494 e. The van der Waals surface area contributed by atoms with Crippen molar-refractivity contribution < 1.29 is 22.7 Å². The SMILES string of the molecule is CCOc1ccc(N(CC(=O)N(Cc2ccccc2C)[C@H](C)C(=O)N[C@H](C)CC)S(C)(=O)=O)cc1. The maximum absolute atomic E-state index is 13.6. The number of nitrogens with zero attached hydrogens (tertiary/aromatic N) is 2. The van der Waals surface area contributed by atoms with Crippen LogP contribution < -0.4 is 14.4 Å². The highest BCUT2D eigenvalue weighted by Crippen LogP contribution is 2.23. The lowest BCUT2D eigenvalue weighted by Crippen LogP contribution is -2.52. The second-order valence-corrected chi connectivity index (χ2v) is 10.5. The molecular formula is C26H37N3O5S. The number of hydrogen-bond acceptors (Lipinski definition) is 5. The van der Waals surface area contributed by atoms with Crippen LogP contribution >= 0.6 is 0 Å². The summed E-state index contributed by atoms with van der Waals surface area (Å²) >= 11 is 0. The molecule has 1 N–H and O–H groups in total. The number of benzene rings is 2. The van der Waals surface area contributed by atoms with Crippen molar-refractivity contribution in [2.75, 3.05) is 23.7 Å². The van der Waals surface area contributed by atoms with E-state index < -0.39 is 28.5 Å². The second kappa shape index (κ2) is 12.6. The van der Waals surface area contributed by atoms with Crippen molar-refractivity contribution in [3.8, 4) is 5.75 Å². The summed E-state index contributed by atoms with van der Waals surface area (Å²) in [5.41, 5.74) is 2.21. The zero-order valence-corrected chi connectivity index (χ0v) is 22.3. The first-order valence-electron chi connectivity index (χ1n) is 11.8. The smallest absolute Gasteiger partial charge is 0.244 e. The predicted molar refractivity (Wildman–Crippen MR) is 139 cm³/mol. The third kappa shape index (κ3) is 7.99. The van der Waals surface area contributed by atoms with Gasteiger partial charge in [-0.25, -0.2) is 8.42 Å². The van der Waals surface area contributed by atoms with Crippen molar-refractivity contribution >= 4 is 27.5 Å². The molecule has 8 nitrogen and oxygen atoms in total. The van der Waals surface area contributed by atoms with E-state index in [-0.39, 0.29) is 18.5 Å². The van der Waals surface area contributed by atoms with Gasteiger partial charge in [0.25, 0.3) is 0 Å². The van der Waals surface area contributed by atoms with Crippen molar-refractivity contribution in [2.24, 2.45) is 0 Å². The second-order valence-electron chi connectivity index (χ2n) is 8.64. The Balaban J connectivity index is 2.38. The Morgan fingerprint density at radius 1 is 1.03 bits per heavy atom. The Morgan fingerprint density at radius 3 is 2.20 bits per heavy atom. The molecule has 2 atom stereocenters. The summed E-state index contributed by atoms with van der Waals surface area (Å²) in [6.07, 6.45) is 1.81. The van der Waals surface area contributed by atoms with Crippen molar-refractivity contribution in [2.45, 2.75) is 59.7 Å². The van der Waals surface area contributed by atoms with Crippen LogP contribution in [0.2, 0.25) is 0 Å². The van der Waals surface area contributed by atoms with E-state index in [0.717, 1.165) is 28.1 Å². The maximum Gasteiger partial charge on any atom is 0.244 e. The monoisotopic (exact) mass is 503 g/mol. The molecule has 0 aliphatic carbocycles. The normalized spacial score (nSPS) is 13.0. The van der Waals surface area contributed by atoms with Crippen LogP contribution in [0.5, 0.6) is 5.75 Å². The molecule has 2 amide bonds. The molecule has 0 aromatic heterocycles. The Morgan fingerprint density at radius 2 is 1.66 bits per heavy atom. The number of amides is 2. The Labute approximate surface area is 209 Å². The molecule has 0 aliphatic heterocycles. The average molecular weight is 504 g/mol. The van der Waals surface area contributed by atoms with Gasteiger partial charge in [-0.1, -0.05) is 31.2 Å². The number of sulfonamides is 1. The number of carbonyl (C=O) groups excluding carboxylic acids is 2. The van der Waals surface area contributed by atoms with E-state index in [0.29, 0.717) is 18.0 Å². The molecule has 0 heterocycles. The van der Waals surface area contributed by atoms with Gasteiger partial charge in [-0.3, -0.25) is 13.9 Å². The highest BCUT2D eigenvalue weighted by molar-refractivity contribution is 7.92. The molecule has 0 radical (unpaired) electrons. The first-order chi connectivity index (χ1) is 16.5. The van der Waals surface area contributed by atoms with Gasteiger partial charge in [0.1, 0.15) is 18.3 Å². The van der Waals surface area contributed by atoms with Crippen molar-refractivity contribution in [1.82, 2.24) is 10.2 Å². The van der Waals surface area contributed by atoms with Gasteiger partial charge in [0.2, 0.25) is 21.8 Å². The molecule has 2 aromatic rings. The first-order valence-corrected chi connectivity index (χ1v) is 13.7. The van der Waals surface area contributed by atoms with E-state index in [9.17, 15) is 18.0 Å². The number of rotatable bonds is 12. The summed E-state index contributed by atoms with van der Waals surface area (Å²) in [5.74, 6) is -0.153. The van der Waals surface area contributed by atoms with Gasteiger partial charge >= 0.3 is 0 Å². The van der Waals surface area contributed by atoms with Crippen LogP contribution in [0.1, 0.15) is 45.2 Å². The number of carbonyl (C=O) groups is 2. The maximum atomic E-state index is 13.6. The Hall–Kier alpha value is -3.07. The fraction of sp³-hybridized carbons (Fsp3) is 0.462. The highest BCUT2D eigenvalue weighted by atomic mass is 32.2. The van der Waals surface area contributed by atoms with E-state index in [2.05, 4.69) is 5.32 Å². The minimum absolute atomic E-state index is 0.0447. The van der Waals surface area contributed by atoms with Gasteiger partial charge in [0, 0.05) is 12.6 Å². The van der Waals surface area contributed by atoms with Gasteiger partial charge < -0.3 is 15.0 Å². The van der Waals surface area contributed by atoms with Gasteiger partial charge in [0.15, 0.2) is 0 Å². The van der Waals surface area contributed by atoms with E-state index in [1.807, 2.05) is 52.0 Å². The summed E-state index contributed by atoms with van der Waals surface area (Å²) in [4.78, 5) is 27.9. The Kier molecular flexibility index (Phi) is 10.1. The molecule has 0 unspecified atom stereocenters. The van der Waals surface area contributed by atoms with Crippen molar-refractivity contribution in [3.05, 3.63) is 59.7 Å². The zero-order valence-electron chi connectivity index (χ0n) is 21.4. The predicted octanol–water partition coefficient (Wildman–Crippen LogP) is 3.49. The third-order valence-electron chi connectivity index (χ3n) is 5.89. The number of nitrogens with one attached hydrogen (secondary N) is 1. The highest BCUT2D eigenvalue weighted by Gasteiger charge is 2.30. The molecular weight excluding hydrogens is 466 g/mol. The summed E-state index contributed by atoms with van der Waals surface area (Å²) in [6, 6.07) is 13.3. The van der Waals surface area contributed by atoms with Crippen LogP contribution in [0.25, 0.3) is 0 Å². The Bertz CT molecular complexity index is 1100. The zero-order chi connectivity index (χ0) is 26.2. The number of ether oxygens (including phenoxy) is 1. The summed E-state index contributed by atoms with van der Waals surface area (Å²) in [5, 5.41) is 2.92. The quantitative estimate of drug-likeness (QED) is 0.478. The number of anilines is 1. The third-order valence-corrected chi connectivity index (χ3v) is 7.03. The van der Waals surface area contributed by atoms with Gasteiger partial charge in [0.05, 0.1) is 18.6 Å². The molecule has 192 valence electrons. The van der Waals surface area contributed by atoms with Crippen LogP contribution in [0.4, 0.5) is 5.69 Å². The molecule has 2 aromatic carbocycles. The largest absolute Gasteiger partial charge is 0.494 e. The van der Waals surface area contributed by atoms with E-state index >= 15 is 0 Å². The van der Waals surface area contributed by atoms with Crippen molar-refractivity contribution in [1.29, 1.82) is 0 Å². The molecule has 0 saturated carbocycles. The molecule has 0 bridgehead atoms. The molecule has 35 heavy (non-hydrogen) atoms. The molecule has 9 heteroatoms. The van der Waals surface area contributed by atoms with E-state index in [1.165, 1.54) is 4.90 Å². The lowest BCUT2D eigenvalue weighted by Gasteiger charge is -2.32. The molecule has 0 spiro atoms. The van der Waals surface area contributed by atoms with Crippen LogP contribution in [-0.4, -0.2) is 56.6 Å². The van der Waals surface area contributed by atoms with Crippen LogP contribution in [-0.2, 0) is 26.2 Å². The molecule has 2 rings (SSSR count). The lowest BCUT2D eigenvalue weighted by molar-refractivity contribution is -0.139. The number of aryl methyl sites for hydroxylation is 1. The average Bonchev–Trinajstić information content (AvgIpc) is 2.81. The van der Waals surface area contributed by atoms with Crippen LogP contribution in [0.15, 0.2) is 48.5 Å². The lowest BCUT2D eigenvalue weighted by atomic mass is 10.1. The fourth-order valence-corrected chi connectivity index (χ4v) is 4.36. The summed E-state index contributed by atoms with van der Waals surface area (Å²) < 4.78 is 31.8. The minimum atomic E-state index is -3.78. The van der Waals surface area contributed by atoms with E-state index in [1.54, 1.807) is 31.2 Å². The van der Waals surface area contributed by atoms with Crippen molar-refractivity contribution in [3.63, 3.8) is 0 Å². The summed E-state index contributed by atoms with van der Waals surface area (Å²) in [6.45, 7) is 9.55. The fourth-order valence-electron chi connectivity index (χ4n) is 3.51. The first kappa shape index (κ1) is 28.2. The van der Waals surface area contributed by atoms with Crippen LogP contribution in [0, 0.1) is 6.92 Å². The summed E-state index contributed by atoms with van der Waals surface area (Å²) in [7, 11) is -3.78. The molecule has 0 aliphatic rings. The van der Waals surface area contributed by atoms with E-state index in [4.69, 9.17) is 4.74 Å². The number of hydrogen-bond donors (Lipinski definition) is 1.